The van der Waals surface area contributed by atoms with Crippen molar-refractivity contribution in [2.75, 3.05) is 0 Å². The van der Waals surface area contributed by atoms with Crippen LogP contribution >= 0.6 is 58.0 Å². The first-order valence-electron chi connectivity index (χ1n) is 11.3. The van der Waals surface area contributed by atoms with Crippen LogP contribution in [0.15, 0.2) is 35.5 Å². The first-order valence-corrected chi connectivity index (χ1v) is 13.2. The van der Waals surface area contributed by atoms with Gasteiger partial charge in [0.2, 0.25) is 3.79 Å². The van der Waals surface area contributed by atoms with Gasteiger partial charge in [0.05, 0.1) is 16.3 Å². The molecule has 2 aromatic heterocycles. The molecule has 0 spiro atoms. The van der Waals surface area contributed by atoms with Crippen molar-refractivity contribution in [3.63, 3.8) is 0 Å². The van der Waals surface area contributed by atoms with Crippen molar-refractivity contribution in [3.05, 3.63) is 69.0 Å². The second-order valence-corrected chi connectivity index (χ2v) is 12.1. The van der Waals surface area contributed by atoms with Gasteiger partial charge in [0.25, 0.3) is 11.7 Å². The van der Waals surface area contributed by atoms with E-state index in [0.29, 0.717) is 5.02 Å². The van der Waals surface area contributed by atoms with Gasteiger partial charge in [-0.05, 0) is 49.6 Å². The lowest BCUT2D eigenvalue weighted by atomic mass is 9.89. The number of alkyl halides is 3. The van der Waals surface area contributed by atoms with Crippen molar-refractivity contribution < 1.29 is 24.6 Å². The summed E-state index contributed by atoms with van der Waals surface area (Å²) >= 11 is 29.1. The summed E-state index contributed by atoms with van der Waals surface area (Å²) in [5, 5.41) is 25.2. The Morgan fingerprint density at radius 1 is 1.10 bits per heavy atom. The maximum Gasteiger partial charge on any atom is 0.375 e. The Balaban J connectivity index is 0.000000220. The van der Waals surface area contributed by atoms with Crippen LogP contribution in [-0.4, -0.2) is 59.2 Å². The summed E-state index contributed by atoms with van der Waals surface area (Å²) < 4.78 is -0.918. The van der Waals surface area contributed by atoms with E-state index in [1.165, 1.54) is 24.3 Å². The Labute approximate surface area is 253 Å². The Bertz CT molecular complexity index is 1530. The summed E-state index contributed by atoms with van der Waals surface area (Å²) in [5.74, 6) is -3.17. The molecule has 1 aliphatic rings. The number of nitrogens with zero attached hydrogens (tertiary/aromatic N) is 5. The summed E-state index contributed by atoms with van der Waals surface area (Å²) in [6.45, 7) is 7.28. The van der Waals surface area contributed by atoms with E-state index >= 15 is 0 Å². The van der Waals surface area contributed by atoms with Gasteiger partial charge in [-0.1, -0.05) is 71.9 Å². The Hall–Kier alpha value is -2.96. The number of pyridine rings is 1. The van der Waals surface area contributed by atoms with E-state index in [0.717, 1.165) is 10.2 Å². The molecule has 0 saturated heterocycles. The number of nitrogens with one attached hydrogen (secondary N) is 1. The molecular formula is C24H21Cl5N6O5. The standard InChI is InChI=1S/C14H17N3O3.C10H4Cl5N3O2/c1-7(2)14(4)13(20)16-11(17-14)10-9(12(18)19)5-8(3)6-15-10;11-4-1-2-6(5(12)3-4)18-9(10(13,14)15)16-7(17-18)8(19)20/h5-7H,1-4H3,(H,18,19)(H,16,17,20);1-3H,(H,19,20). The predicted molar refractivity (Wildman–Crippen MR) is 151 cm³/mol. The van der Waals surface area contributed by atoms with Crippen molar-refractivity contribution >= 4 is 81.7 Å². The summed E-state index contributed by atoms with van der Waals surface area (Å²) in [4.78, 5) is 46.5. The van der Waals surface area contributed by atoms with Crippen LogP contribution < -0.4 is 5.32 Å². The molecular weight excluding hydrogens is 630 g/mol. The molecule has 0 aliphatic carbocycles. The van der Waals surface area contributed by atoms with E-state index in [2.05, 4.69) is 25.4 Å². The Kier molecular flexibility index (Phi) is 9.37. The van der Waals surface area contributed by atoms with Crippen LogP contribution in [0.3, 0.4) is 0 Å². The Morgan fingerprint density at radius 3 is 2.25 bits per heavy atom. The topological polar surface area (TPSA) is 160 Å². The number of aryl methyl sites for hydroxylation is 1. The number of hydrogen-bond acceptors (Lipinski definition) is 7. The molecule has 0 radical (unpaired) electrons. The molecule has 11 nitrogen and oxygen atoms in total. The lowest BCUT2D eigenvalue weighted by Crippen LogP contribution is -2.41. The van der Waals surface area contributed by atoms with E-state index in [1.807, 2.05) is 13.8 Å². The van der Waals surface area contributed by atoms with Gasteiger partial charge in [-0.25, -0.2) is 24.2 Å². The molecule has 0 fully saturated rings. The molecule has 1 unspecified atom stereocenters. The minimum absolute atomic E-state index is 0.00118. The number of hydrogen-bond donors (Lipinski definition) is 3. The number of aromatic nitrogens is 4. The molecule has 212 valence electrons. The third-order valence-electron chi connectivity index (χ3n) is 5.83. The maximum atomic E-state index is 12.1. The molecule has 0 saturated carbocycles. The molecule has 40 heavy (non-hydrogen) atoms. The highest BCUT2D eigenvalue weighted by Crippen LogP contribution is 2.39. The van der Waals surface area contributed by atoms with E-state index in [4.69, 9.17) is 63.1 Å². The second kappa shape index (κ2) is 11.9. The number of benzene rings is 1. The summed E-state index contributed by atoms with van der Waals surface area (Å²) in [7, 11) is 0. The fourth-order valence-electron chi connectivity index (χ4n) is 3.38. The van der Waals surface area contributed by atoms with Crippen LogP contribution in [0.1, 0.15) is 58.8 Å². The van der Waals surface area contributed by atoms with Gasteiger partial charge in [0, 0.05) is 11.2 Å². The number of carboxylic acid groups (broad SMARTS) is 2. The van der Waals surface area contributed by atoms with Gasteiger partial charge in [-0.15, -0.1) is 5.10 Å². The van der Waals surface area contributed by atoms with Crippen LogP contribution in [0, 0.1) is 12.8 Å². The number of aromatic carboxylic acids is 2. The molecule has 0 bridgehead atoms. The minimum Gasteiger partial charge on any atom is -0.478 e. The highest BCUT2D eigenvalue weighted by molar-refractivity contribution is 6.66. The number of carboxylic acids is 2. The van der Waals surface area contributed by atoms with E-state index in [-0.39, 0.29) is 45.5 Å². The van der Waals surface area contributed by atoms with Gasteiger partial charge in [-0.3, -0.25) is 9.78 Å². The van der Waals surface area contributed by atoms with Crippen molar-refractivity contribution in [1.29, 1.82) is 0 Å². The summed E-state index contributed by atoms with van der Waals surface area (Å²) in [5.41, 5.74) is 0.371. The van der Waals surface area contributed by atoms with Crippen molar-refractivity contribution in [3.8, 4) is 5.69 Å². The molecule has 1 amide bonds. The van der Waals surface area contributed by atoms with Crippen LogP contribution in [-0.2, 0) is 8.59 Å². The average molecular weight is 651 g/mol. The third kappa shape index (κ3) is 6.67. The normalized spacial score (nSPS) is 16.8. The number of amidine groups is 1. The van der Waals surface area contributed by atoms with E-state index in [9.17, 15) is 19.5 Å². The first kappa shape index (κ1) is 31.6. The molecule has 3 aromatic rings. The summed E-state index contributed by atoms with van der Waals surface area (Å²) in [6, 6.07) is 6.00. The lowest BCUT2D eigenvalue weighted by molar-refractivity contribution is -0.124. The van der Waals surface area contributed by atoms with Crippen LogP contribution in [0.25, 0.3) is 5.69 Å². The van der Waals surface area contributed by atoms with Crippen LogP contribution in [0.4, 0.5) is 0 Å². The zero-order valence-electron chi connectivity index (χ0n) is 21.2. The van der Waals surface area contributed by atoms with E-state index in [1.54, 1.807) is 20.0 Å². The van der Waals surface area contributed by atoms with E-state index < -0.39 is 27.1 Å². The van der Waals surface area contributed by atoms with Crippen molar-refractivity contribution in [2.24, 2.45) is 10.9 Å². The molecule has 4 rings (SSSR count). The van der Waals surface area contributed by atoms with Gasteiger partial charge in [-0.2, -0.15) is 0 Å². The number of aliphatic imine (C=N–C) groups is 1. The monoisotopic (exact) mass is 648 g/mol. The highest BCUT2D eigenvalue weighted by Gasteiger charge is 2.43. The zero-order valence-corrected chi connectivity index (χ0v) is 25.0. The molecule has 1 aliphatic heterocycles. The van der Waals surface area contributed by atoms with Gasteiger partial charge < -0.3 is 15.5 Å². The number of halogens is 5. The largest absolute Gasteiger partial charge is 0.478 e. The SMILES string of the molecule is Cc1cnc(C2=NC(C)(C(C)C)C(=O)N2)c(C(=O)O)c1.O=C(O)c1nc(C(Cl)(Cl)Cl)n(-c2ccc(Cl)cc2Cl)n1. The van der Waals surface area contributed by atoms with Gasteiger partial charge in [0.1, 0.15) is 11.2 Å². The van der Waals surface area contributed by atoms with Gasteiger partial charge >= 0.3 is 11.9 Å². The molecule has 16 heteroatoms. The van der Waals surface area contributed by atoms with Crippen LogP contribution in [0.2, 0.25) is 10.0 Å². The average Bonchev–Trinajstić information content (AvgIpc) is 3.42. The quantitative estimate of drug-likeness (QED) is 0.306. The fourth-order valence-corrected chi connectivity index (χ4v) is 4.23. The van der Waals surface area contributed by atoms with Gasteiger partial charge in [0.15, 0.2) is 11.7 Å². The predicted octanol–water partition coefficient (Wildman–Crippen LogP) is 5.48. The number of carbonyl (C=O) groups is 3. The lowest BCUT2D eigenvalue weighted by Gasteiger charge is -2.21. The maximum absolute atomic E-state index is 12.1. The number of amides is 1. The molecule has 3 heterocycles. The highest BCUT2D eigenvalue weighted by atomic mass is 35.6. The van der Waals surface area contributed by atoms with Crippen LogP contribution in [0.5, 0.6) is 0 Å². The molecule has 1 aromatic carbocycles. The smallest absolute Gasteiger partial charge is 0.375 e. The molecule has 1 atom stereocenters. The van der Waals surface area contributed by atoms with Crippen molar-refractivity contribution in [1.82, 2.24) is 25.1 Å². The second-order valence-electron chi connectivity index (χ2n) is 9.00. The number of rotatable bonds is 5. The summed E-state index contributed by atoms with van der Waals surface area (Å²) in [6.07, 6.45) is 1.56. The first-order chi connectivity index (χ1) is 18.5. The number of carbonyl (C=O) groups excluding carboxylic acids is 1. The third-order valence-corrected chi connectivity index (χ3v) is 6.87. The molecule has 3 N–H and O–H groups in total. The minimum atomic E-state index is -1.97. The zero-order chi connectivity index (χ0) is 30.2. The Morgan fingerprint density at radius 2 is 1.75 bits per heavy atom. The fraction of sp³-hybridized carbons (Fsp3) is 0.292. The van der Waals surface area contributed by atoms with Crippen molar-refractivity contribution in [2.45, 2.75) is 37.0 Å².